The number of hydrogen-bond acceptors (Lipinski definition) is 7. The molecular weight excluding hydrogens is 482 g/mol. The summed E-state index contributed by atoms with van der Waals surface area (Å²) in [5, 5.41) is 9.26. The molecule has 0 aliphatic carbocycles. The van der Waals surface area contributed by atoms with E-state index >= 15 is 0 Å². The number of carboxylic acid groups (broad SMARTS) is 1. The standard InChI is InChI=1S/C27H37NO7S/c1-4-6-18-36-19-16-28(27(31)35-24-10-8-7-9-23(24)32-3)15-17-34-22-13-11-21(12-14-22)20-25(26(29)30)33-5-2/h7-14,25H,4-6,15-20H2,1-3H3,(H,29,30). The van der Waals surface area contributed by atoms with Crippen molar-refractivity contribution in [1.29, 1.82) is 0 Å². The van der Waals surface area contributed by atoms with Gasteiger partial charge in [0.1, 0.15) is 12.4 Å². The molecule has 0 heterocycles. The molecule has 8 nitrogen and oxygen atoms in total. The van der Waals surface area contributed by atoms with E-state index in [-0.39, 0.29) is 13.0 Å². The minimum atomic E-state index is -0.981. The average molecular weight is 520 g/mol. The Hall–Kier alpha value is -2.91. The molecule has 2 rings (SSSR count). The van der Waals surface area contributed by atoms with Crippen LogP contribution >= 0.6 is 11.8 Å². The highest BCUT2D eigenvalue weighted by Crippen LogP contribution is 2.26. The predicted molar refractivity (Wildman–Crippen MR) is 142 cm³/mol. The Balaban J connectivity index is 1.93. The van der Waals surface area contributed by atoms with E-state index in [1.54, 1.807) is 42.2 Å². The second-order valence-corrected chi connectivity index (χ2v) is 9.18. The lowest BCUT2D eigenvalue weighted by Gasteiger charge is -2.22. The second-order valence-electron chi connectivity index (χ2n) is 7.95. The summed E-state index contributed by atoms with van der Waals surface area (Å²) in [4.78, 5) is 25.9. The molecule has 0 aliphatic rings. The van der Waals surface area contributed by atoms with Crippen molar-refractivity contribution in [1.82, 2.24) is 4.90 Å². The van der Waals surface area contributed by atoms with E-state index in [2.05, 4.69) is 6.92 Å². The zero-order chi connectivity index (χ0) is 26.2. The van der Waals surface area contributed by atoms with Gasteiger partial charge in [-0.2, -0.15) is 11.8 Å². The van der Waals surface area contributed by atoms with E-state index in [9.17, 15) is 14.7 Å². The van der Waals surface area contributed by atoms with Crippen LogP contribution in [0.1, 0.15) is 32.3 Å². The molecule has 1 unspecified atom stereocenters. The van der Waals surface area contributed by atoms with Crippen LogP contribution in [-0.4, -0.2) is 73.1 Å². The summed E-state index contributed by atoms with van der Waals surface area (Å²) in [5.74, 6) is 2.38. The van der Waals surface area contributed by atoms with Crippen molar-refractivity contribution in [3.8, 4) is 17.2 Å². The molecule has 0 spiro atoms. The third kappa shape index (κ3) is 10.4. The van der Waals surface area contributed by atoms with Crippen LogP contribution < -0.4 is 14.2 Å². The molecular formula is C27H37NO7S. The highest BCUT2D eigenvalue weighted by Gasteiger charge is 2.19. The van der Waals surface area contributed by atoms with Crippen molar-refractivity contribution >= 4 is 23.8 Å². The Morgan fingerprint density at radius 3 is 2.36 bits per heavy atom. The van der Waals surface area contributed by atoms with E-state index in [4.69, 9.17) is 18.9 Å². The first kappa shape index (κ1) is 29.3. The number of ether oxygens (including phenoxy) is 4. The number of carbonyl (C=O) groups excluding carboxylic acids is 1. The van der Waals surface area contributed by atoms with Gasteiger partial charge in [-0.3, -0.25) is 0 Å². The van der Waals surface area contributed by atoms with E-state index in [1.807, 2.05) is 30.0 Å². The summed E-state index contributed by atoms with van der Waals surface area (Å²) in [6.45, 7) is 5.45. The number of thioether (sulfide) groups is 1. The van der Waals surface area contributed by atoms with E-state index in [0.717, 1.165) is 29.9 Å². The highest BCUT2D eigenvalue weighted by atomic mass is 32.2. The first-order chi connectivity index (χ1) is 17.5. The van der Waals surface area contributed by atoms with Gasteiger partial charge in [0.25, 0.3) is 0 Å². The van der Waals surface area contributed by atoms with Crippen molar-refractivity contribution in [2.45, 2.75) is 39.2 Å². The Labute approximate surface area is 217 Å². The number of aliphatic carboxylic acids is 1. The molecule has 36 heavy (non-hydrogen) atoms. The summed E-state index contributed by atoms with van der Waals surface area (Å²) >= 11 is 1.81. The molecule has 0 radical (unpaired) electrons. The zero-order valence-electron chi connectivity index (χ0n) is 21.3. The van der Waals surface area contributed by atoms with Crippen LogP contribution in [0.3, 0.4) is 0 Å². The fourth-order valence-corrected chi connectivity index (χ4v) is 4.35. The normalized spacial score (nSPS) is 11.5. The van der Waals surface area contributed by atoms with Crippen LogP contribution in [0.5, 0.6) is 17.2 Å². The van der Waals surface area contributed by atoms with Crippen LogP contribution in [0, 0.1) is 0 Å². The molecule has 9 heteroatoms. The molecule has 2 aromatic carbocycles. The Morgan fingerprint density at radius 2 is 1.72 bits per heavy atom. The lowest BCUT2D eigenvalue weighted by molar-refractivity contribution is -0.149. The molecule has 2 aromatic rings. The average Bonchev–Trinajstić information content (AvgIpc) is 2.88. The first-order valence-corrected chi connectivity index (χ1v) is 13.4. The summed E-state index contributed by atoms with van der Waals surface area (Å²) < 4.78 is 22.0. The molecule has 0 bridgehead atoms. The Morgan fingerprint density at radius 1 is 1.00 bits per heavy atom. The van der Waals surface area contributed by atoms with Crippen LogP contribution in [0.15, 0.2) is 48.5 Å². The Kier molecular flexibility index (Phi) is 13.6. The van der Waals surface area contributed by atoms with Crippen molar-refractivity contribution < 1.29 is 33.6 Å². The maximum absolute atomic E-state index is 12.9. The fraction of sp³-hybridized carbons (Fsp3) is 0.481. The van der Waals surface area contributed by atoms with E-state index in [1.165, 1.54) is 7.11 Å². The molecule has 1 amide bonds. The topological polar surface area (TPSA) is 94.5 Å². The molecule has 0 saturated heterocycles. The number of carboxylic acids is 1. The number of methoxy groups -OCH3 is 1. The van der Waals surface area contributed by atoms with Gasteiger partial charge in [0, 0.05) is 25.3 Å². The lowest BCUT2D eigenvalue weighted by Crippen LogP contribution is -2.38. The van der Waals surface area contributed by atoms with Gasteiger partial charge in [0.2, 0.25) is 0 Å². The number of unbranched alkanes of at least 4 members (excludes halogenated alkanes) is 1. The Bertz CT molecular complexity index is 923. The fourth-order valence-electron chi connectivity index (χ4n) is 3.31. The number of nitrogens with zero attached hydrogens (tertiary/aromatic N) is 1. The van der Waals surface area contributed by atoms with E-state index < -0.39 is 18.2 Å². The van der Waals surface area contributed by atoms with Gasteiger partial charge in [-0.1, -0.05) is 37.6 Å². The van der Waals surface area contributed by atoms with Crippen LogP contribution in [0.2, 0.25) is 0 Å². The largest absolute Gasteiger partial charge is 0.493 e. The third-order valence-corrected chi connectivity index (χ3v) is 6.34. The quantitative estimate of drug-likeness (QED) is 0.287. The minimum absolute atomic E-state index is 0.279. The second kappa shape index (κ2) is 16.7. The van der Waals surface area contributed by atoms with Gasteiger partial charge in [-0.25, -0.2) is 9.59 Å². The SMILES string of the molecule is CCCCSCCN(CCOc1ccc(CC(OCC)C(=O)O)cc1)C(=O)Oc1ccccc1OC. The van der Waals surface area contributed by atoms with Gasteiger partial charge < -0.3 is 29.0 Å². The molecule has 1 atom stereocenters. The predicted octanol–water partition coefficient (Wildman–Crippen LogP) is 5.14. The van der Waals surface area contributed by atoms with Gasteiger partial charge >= 0.3 is 12.1 Å². The van der Waals surface area contributed by atoms with E-state index in [0.29, 0.717) is 36.9 Å². The van der Waals surface area contributed by atoms with Gasteiger partial charge in [0.05, 0.1) is 13.7 Å². The van der Waals surface area contributed by atoms with Gasteiger partial charge in [0.15, 0.2) is 17.6 Å². The summed E-state index contributed by atoms with van der Waals surface area (Å²) in [6.07, 6.45) is 1.24. The van der Waals surface area contributed by atoms with Gasteiger partial charge in [-0.15, -0.1) is 0 Å². The first-order valence-electron chi connectivity index (χ1n) is 12.2. The number of para-hydroxylation sites is 2. The number of carbonyl (C=O) groups is 2. The molecule has 0 aliphatic heterocycles. The van der Waals surface area contributed by atoms with Crippen LogP contribution in [0.4, 0.5) is 4.79 Å². The molecule has 198 valence electrons. The zero-order valence-corrected chi connectivity index (χ0v) is 22.1. The lowest BCUT2D eigenvalue weighted by atomic mass is 10.1. The number of amides is 1. The summed E-state index contributed by atoms with van der Waals surface area (Å²) in [6, 6.07) is 14.3. The number of rotatable bonds is 17. The monoisotopic (exact) mass is 519 g/mol. The van der Waals surface area contributed by atoms with Crippen molar-refractivity contribution in [2.24, 2.45) is 0 Å². The molecule has 0 aromatic heterocycles. The molecule has 0 fully saturated rings. The third-order valence-electron chi connectivity index (χ3n) is 5.29. The maximum Gasteiger partial charge on any atom is 0.415 e. The highest BCUT2D eigenvalue weighted by molar-refractivity contribution is 7.99. The maximum atomic E-state index is 12.9. The minimum Gasteiger partial charge on any atom is -0.493 e. The van der Waals surface area contributed by atoms with Crippen LogP contribution in [0.25, 0.3) is 0 Å². The van der Waals surface area contributed by atoms with Gasteiger partial charge in [-0.05, 0) is 48.9 Å². The van der Waals surface area contributed by atoms with Crippen molar-refractivity contribution in [3.63, 3.8) is 0 Å². The molecule has 0 saturated carbocycles. The van der Waals surface area contributed by atoms with Crippen LogP contribution in [-0.2, 0) is 16.0 Å². The number of benzene rings is 2. The van der Waals surface area contributed by atoms with Crippen molar-refractivity contribution in [2.75, 3.05) is 44.9 Å². The summed E-state index contributed by atoms with van der Waals surface area (Å²) in [7, 11) is 1.53. The number of hydrogen-bond donors (Lipinski definition) is 1. The molecule has 1 N–H and O–H groups in total. The van der Waals surface area contributed by atoms with Crippen molar-refractivity contribution in [3.05, 3.63) is 54.1 Å². The smallest absolute Gasteiger partial charge is 0.415 e. The summed E-state index contributed by atoms with van der Waals surface area (Å²) in [5.41, 5.74) is 0.842.